The van der Waals surface area contributed by atoms with Crippen LogP contribution < -0.4 is 10.2 Å². The maximum absolute atomic E-state index is 12.5. The summed E-state index contributed by atoms with van der Waals surface area (Å²) in [6, 6.07) is 15.2. The molecule has 6 heteroatoms. The van der Waals surface area contributed by atoms with E-state index in [-0.39, 0.29) is 11.8 Å². The van der Waals surface area contributed by atoms with Gasteiger partial charge < -0.3 is 15.2 Å². The molecule has 0 atom stereocenters. The van der Waals surface area contributed by atoms with E-state index >= 15 is 0 Å². The molecule has 5 nitrogen and oxygen atoms in total. The zero-order valence-corrected chi connectivity index (χ0v) is 14.5. The summed E-state index contributed by atoms with van der Waals surface area (Å²) in [4.78, 5) is 22.7. The topological polar surface area (TPSA) is 61.0 Å². The van der Waals surface area contributed by atoms with E-state index in [0.29, 0.717) is 5.02 Å². The molecular formula is C19H19ClN4O. The minimum absolute atomic E-state index is 0.0244. The fourth-order valence-electron chi connectivity index (χ4n) is 3.22. The lowest BCUT2D eigenvalue weighted by Crippen LogP contribution is -2.38. The summed E-state index contributed by atoms with van der Waals surface area (Å²) in [6.45, 7) is 1.64. The van der Waals surface area contributed by atoms with Crippen molar-refractivity contribution in [1.29, 1.82) is 0 Å². The molecule has 1 amide bonds. The molecule has 0 saturated carbocycles. The number of amides is 1. The number of nitrogens with zero attached hydrogens (tertiary/aromatic N) is 2. The number of piperidine rings is 1. The summed E-state index contributed by atoms with van der Waals surface area (Å²) in [6.07, 6.45) is 1.63. The van der Waals surface area contributed by atoms with Gasteiger partial charge in [-0.1, -0.05) is 23.7 Å². The number of para-hydroxylation sites is 2. The second-order valence-corrected chi connectivity index (χ2v) is 6.77. The number of hydrogen-bond acceptors (Lipinski definition) is 3. The van der Waals surface area contributed by atoms with Gasteiger partial charge in [0.05, 0.1) is 11.0 Å². The summed E-state index contributed by atoms with van der Waals surface area (Å²) in [7, 11) is 0. The highest BCUT2D eigenvalue weighted by Crippen LogP contribution is 2.24. The first-order valence-corrected chi connectivity index (χ1v) is 8.83. The number of halogens is 1. The molecule has 1 aliphatic rings. The number of rotatable bonds is 3. The van der Waals surface area contributed by atoms with Crippen LogP contribution in [0.4, 0.5) is 11.6 Å². The summed E-state index contributed by atoms with van der Waals surface area (Å²) < 4.78 is 0. The van der Waals surface area contributed by atoms with Crippen molar-refractivity contribution in [1.82, 2.24) is 9.97 Å². The Labute approximate surface area is 151 Å². The number of H-pyrrole nitrogens is 1. The molecule has 1 saturated heterocycles. The number of aromatic amines is 1. The third-order valence-corrected chi connectivity index (χ3v) is 4.91. The fraction of sp³-hybridized carbons (Fsp3) is 0.263. The van der Waals surface area contributed by atoms with Gasteiger partial charge in [0.15, 0.2) is 0 Å². The maximum Gasteiger partial charge on any atom is 0.227 e. The van der Waals surface area contributed by atoms with E-state index in [9.17, 15) is 4.79 Å². The van der Waals surface area contributed by atoms with E-state index in [1.807, 2.05) is 36.4 Å². The van der Waals surface area contributed by atoms with Gasteiger partial charge in [-0.2, -0.15) is 0 Å². The summed E-state index contributed by atoms with van der Waals surface area (Å²) >= 11 is 5.87. The van der Waals surface area contributed by atoms with E-state index in [0.717, 1.165) is 48.6 Å². The molecule has 3 aromatic rings. The molecule has 4 rings (SSSR count). The first-order chi connectivity index (χ1) is 12.2. The predicted octanol–water partition coefficient (Wildman–Crippen LogP) is 4.07. The Morgan fingerprint density at radius 3 is 2.56 bits per heavy atom. The van der Waals surface area contributed by atoms with E-state index in [2.05, 4.69) is 20.2 Å². The van der Waals surface area contributed by atoms with Crippen LogP contribution in [0.1, 0.15) is 12.8 Å². The number of anilines is 2. The zero-order chi connectivity index (χ0) is 17.2. The molecule has 1 aliphatic heterocycles. The lowest BCUT2D eigenvalue weighted by Gasteiger charge is -2.31. The Bertz CT molecular complexity index is 849. The molecule has 1 fully saturated rings. The van der Waals surface area contributed by atoms with Crippen LogP contribution in [0.5, 0.6) is 0 Å². The third-order valence-electron chi connectivity index (χ3n) is 4.65. The quantitative estimate of drug-likeness (QED) is 0.745. The van der Waals surface area contributed by atoms with Crippen molar-refractivity contribution < 1.29 is 4.79 Å². The number of nitrogens with one attached hydrogen (secondary N) is 2. The van der Waals surface area contributed by atoms with Crippen LogP contribution >= 0.6 is 11.6 Å². The van der Waals surface area contributed by atoms with Gasteiger partial charge >= 0.3 is 0 Å². The van der Waals surface area contributed by atoms with Gasteiger partial charge in [-0.05, 0) is 49.2 Å². The van der Waals surface area contributed by atoms with Crippen molar-refractivity contribution in [3.05, 3.63) is 53.6 Å². The second kappa shape index (κ2) is 6.76. The monoisotopic (exact) mass is 354 g/mol. The third kappa shape index (κ3) is 3.46. The molecule has 0 unspecified atom stereocenters. The van der Waals surface area contributed by atoms with Crippen LogP contribution in [0.25, 0.3) is 11.0 Å². The molecule has 25 heavy (non-hydrogen) atoms. The Morgan fingerprint density at radius 1 is 1.12 bits per heavy atom. The first-order valence-electron chi connectivity index (χ1n) is 8.45. The molecule has 128 valence electrons. The number of carbonyl (C=O) groups excluding carboxylic acids is 1. The number of hydrogen-bond donors (Lipinski definition) is 2. The van der Waals surface area contributed by atoms with E-state index < -0.39 is 0 Å². The van der Waals surface area contributed by atoms with Gasteiger partial charge in [0.2, 0.25) is 11.9 Å². The Morgan fingerprint density at radius 2 is 1.84 bits per heavy atom. The van der Waals surface area contributed by atoms with Gasteiger partial charge in [0.25, 0.3) is 0 Å². The largest absolute Gasteiger partial charge is 0.342 e. The normalized spacial score (nSPS) is 15.5. The summed E-state index contributed by atoms with van der Waals surface area (Å²) in [5, 5.41) is 3.64. The molecule has 2 heterocycles. The maximum atomic E-state index is 12.5. The van der Waals surface area contributed by atoms with Crippen LogP contribution in [0.3, 0.4) is 0 Å². The van der Waals surface area contributed by atoms with Crippen molar-refractivity contribution in [2.45, 2.75) is 12.8 Å². The molecule has 0 aliphatic carbocycles. The van der Waals surface area contributed by atoms with Crippen LogP contribution in [-0.4, -0.2) is 29.0 Å². The number of imidazole rings is 1. The molecule has 0 spiro atoms. The molecular weight excluding hydrogens is 336 g/mol. The lowest BCUT2D eigenvalue weighted by molar-refractivity contribution is -0.120. The van der Waals surface area contributed by atoms with Crippen molar-refractivity contribution in [3.8, 4) is 0 Å². The number of carbonyl (C=O) groups is 1. The highest BCUT2D eigenvalue weighted by molar-refractivity contribution is 6.30. The van der Waals surface area contributed by atoms with Gasteiger partial charge in [0.1, 0.15) is 0 Å². The standard InChI is InChI=1S/C19H19ClN4O/c20-14-5-7-15(8-6-14)21-18(25)13-9-11-24(12-10-13)19-22-16-3-1-2-4-17(16)23-19/h1-8,13H,9-12H2,(H,21,25)(H,22,23). The van der Waals surface area contributed by atoms with E-state index in [1.165, 1.54) is 0 Å². The minimum Gasteiger partial charge on any atom is -0.342 e. The lowest BCUT2D eigenvalue weighted by atomic mass is 9.96. The second-order valence-electron chi connectivity index (χ2n) is 6.34. The van der Waals surface area contributed by atoms with Crippen LogP contribution in [0.15, 0.2) is 48.5 Å². The number of aromatic nitrogens is 2. The highest BCUT2D eigenvalue weighted by atomic mass is 35.5. The molecule has 2 aromatic carbocycles. The summed E-state index contributed by atoms with van der Waals surface area (Å²) in [5.41, 5.74) is 2.80. The highest BCUT2D eigenvalue weighted by Gasteiger charge is 2.26. The van der Waals surface area contributed by atoms with Crippen LogP contribution in [0, 0.1) is 5.92 Å². The van der Waals surface area contributed by atoms with Crippen molar-refractivity contribution in [2.24, 2.45) is 5.92 Å². The zero-order valence-electron chi connectivity index (χ0n) is 13.7. The smallest absolute Gasteiger partial charge is 0.227 e. The Hall–Kier alpha value is -2.53. The first kappa shape index (κ1) is 16.0. The molecule has 0 bridgehead atoms. The molecule has 1 aromatic heterocycles. The van der Waals surface area contributed by atoms with Crippen molar-refractivity contribution in [3.63, 3.8) is 0 Å². The average molecular weight is 355 g/mol. The van der Waals surface area contributed by atoms with Crippen molar-refractivity contribution >= 4 is 40.2 Å². The number of fused-ring (bicyclic) bond motifs is 1. The van der Waals surface area contributed by atoms with Crippen LogP contribution in [-0.2, 0) is 4.79 Å². The van der Waals surface area contributed by atoms with Crippen molar-refractivity contribution in [2.75, 3.05) is 23.3 Å². The van der Waals surface area contributed by atoms with E-state index in [1.54, 1.807) is 12.1 Å². The van der Waals surface area contributed by atoms with Gasteiger partial charge in [-0.3, -0.25) is 4.79 Å². The summed E-state index contributed by atoms with van der Waals surface area (Å²) in [5.74, 6) is 0.987. The molecule has 2 N–H and O–H groups in total. The minimum atomic E-state index is 0.0244. The average Bonchev–Trinajstić information content (AvgIpc) is 3.08. The van der Waals surface area contributed by atoms with Crippen LogP contribution in [0.2, 0.25) is 5.02 Å². The van der Waals surface area contributed by atoms with Gasteiger partial charge in [-0.15, -0.1) is 0 Å². The Balaban J connectivity index is 1.37. The predicted molar refractivity (Wildman–Crippen MR) is 101 cm³/mol. The Kier molecular flexibility index (Phi) is 4.32. The molecule has 0 radical (unpaired) electrons. The van der Waals surface area contributed by atoms with Gasteiger partial charge in [0, 0.05) is 29.7 Å². The SMILES string of the molecule is O=C(Nc1ccc(Cl)cc1)C1CCN(c2nc3ccccc3[nH]2)CC1. The van der Waals surface area contributed by atoms with Gasteiger partial charge in [-0.25, -0.2) is 4.98 Å². The van der Waals surface area contributed by atoms with E-state index in [4.69, 9.17) is 11.6 Å². The number of benzene rings is 2. The fourth-order valence-corrected chi connectivity index (χ4v) is 3.35.